The molecule has 122 valence electrons. The number of hydrogen-bond donors (Lipinski definition) is 3. The molecule has 0 heterocycles. The molecule has 0 saturated heterocycles. The Morgan fingerprint density at radius 1 is 1.13 bits per heavy atom. The second kappa shape index (κ2) is 7.15. The molecule has 0 unspecified atom stereocenters. The first kappa shape index (κ1) is 16.8. The summed E-state index contributed by atoms with van der Waals surface area (Å²) in [5.74, 6) is 0.193. The van der Waals surface area contributed by atoms with Crippen molar-refractivity contribution in [3.05, 3.63) is 54.1 Å². The van der Waals surface area contributed by atoms with Crippen LogP contribution in [0.1, 0.15) is 5.56 Å². The summed E-state index contributed by atoms with van der Waals surface area (Å²) in [5.41, 5.74) is 1.43. The van der Waals surface area contributed by atoms with Gasteiger partial charge in [-0.05, 0) is 48.4 Å². The van der Waals surface area contributed by atoms with Gasteiger partial charge in [-0.15, -0.1) is 0 Å². The molecule has 0 bridgehead atoms. The zero-order chi connectivity index (χ0) is 16.9. The Hall–Kier alpha value is -2.54. The lowest BCUT2D eigenvalue weighted by molar-refractivity contribution is 0.252. The van der Waals surface area contributed by atoms with Crippen molar-refractivity contribution in [1.29, 1.82) is 0 Å². The molecule has 0 aliphatic rings. The molecule has 0 radical (unpaired) electrons. The van der Waals surface area contributed by atoms with E-state index in [9.17, 15) is 18.3 Å². The highest BCUT2D eigenvalue weighted by atomic mass is 32.2. The summed E-state index contributed by atoms with van der Waals surface area (Å²) >= 11 is 0. The number of carbonyl (C=O) groups excluding carboxylic acids is 1. The highest BCUT2D eigenvalue weighted by molar-refractivity contribution is 7.90. The van der Waals surface area contributed by atoms with Crippen molar-refractivity contribution in [2.75, 3.05) is 18.1 Å². The Morgan fingerprint density at radius 2 is 1.83 bits per heavy atom. The Kier molecular flexibility index (Phi) is 5.23. The Bertz CT molecular complexity index is 786. The molecular formula is C16H18N2O4S. The van der Waals surface area contributed by atoms with Crippen molar-refractivity contribution in [2.45, 2.75) is 11.3 Å². The minimum atomic E-state index is -3.25. The number of phenolic OH excluding ortho intramolecular Hbond substituents is 1. The maximum Gasteiger partial charge on any atom is 0.319 e. The third-order valence-corrected chi connectivity index (χ3v) is 4.28. The minimum absolute atomic E-state index is 0.193. The zero-order valence-electron chi connectivity index (χ0n) is 12.6. The fourth-order valence-electron chi connectivity index (χ4n) is 1.99. The molecule has 0 aliphatic heterocycles. The largest absolute Gasteiger partial charge is 0.508 e. The third-order valence-electron chi connectivity index (χ3n) is 3.15. The summed E-state index contributed by atoms with van der Waals surface area (Å²) in [6.07, 6.45) is 1.72. The molecule has 0 saturated carbocycles. The predicted octanol–water partition coefficient (Wildman–Crippen LogP) is 2.16. The van der Waals surface area contributed by atoms with Crippen molar-refractivity contribution in [3.63, 3.8) is 0 Å². The van der Waals surface area contributed by atoms with Gasteiger partial charge in [0, 0.05) is 18.5 Å². The molecule has 2 rings (SSSR count). The molecule has 7 heteroatoms. The molecule has 2 aromatic rings. The second-order valence-electron chi connectivity index (χ2n) is 5.10. The number of phenols is 1. The van der Waals surface area contributed by atoms with Gasteiger partial charge in [0.25, 0.3) is 0 Å². The van der Waals surface area contributed by atoms with E-state index in [4.69, 9.17) is 0 Å². The van der Waals surface area contributed by atoms with Crippen molar-refractivity contribution in [2.24, 2.45) is 0 Å². The summed E-state index contributed by atoms with van der Waals surface area (Å²) in [4.78, 5) is 12.0. The maximum atomic E-state index is 11.8. The molecular weight excluding hydrogens is 316 g/mol. The molecule has 0 atom stereocenters. The van der Waals surface area contributed by atoms with Crippen LogP contribution in [-0.4, -0.2) is 32.4 Å². The molecule has 0 aliphatic carbocycles. The average Bonchev–Trinajstić information content (AvgIpc) is 2.47. The summed E-state index contributed by atoms with van der Waals surface area (Å²) < 4.78 is 22.7. The molecule has 3 N–H and O–H groups in total. The van der Waals surface area contributed by atoms with Crippen molar-refractivity contribution in [1.82, 2.24) is 5.32 Å². The number of urea groups is 1. The molecule has 0 fully saturated rings. The number of nitrogens with one attached hydrogen (secondary N) is 2. The van der Waals surface area contributed by atoms with E-state index in [-0.39, 0.29) is 16.7 Å². The van der Waals surface area contributed by atoms with E-state index in [2.05, 4.69) is 10.6 Å². The van der Waals surface area contributed by atoms with E-state index >= 15 is 0 Å². The van der Waals surface area contributed by atoms with E-state index in [0.29, 0.717) is 18.7 Å². The van der Waals surface area contributed by atoms with E-state index < -0.39 is 9.84 Å². The van der Waals surface area contributed by atoms with Gasteiger partial charge in [0.1, 0.15) is 5.75 Å². The number of aromatic hydroxyl groups is 1. The Labute approximate surface area is 135 Å². The Morgan fingerprint density at radius 3 is 2.43 bits per heavy atom. The Balaban J connectivity index is 1.83. The van der Waals surface area contributed by atoms with Gasteiger partial charge in [0.15, 0.2) is 9.84 Å². The van der Waals surface area contributed by atoms with Crippen LogP contribution in [0.25, 0.3) is 0 Å². The summed E-state index contributed by atoms with van der Waals surface area (Å²) in [6.45, 7) is 0.413. The highest BCUT2D eigenvalue weighted by Crippen LogP contribution is 2.14. The first-order valence-corrected chi connectivity index (χ1v) is 8.86. The van der Waals surface area contributed by atoms with Crippen LogP contribution in [0.2, 0.25) is 0 Å². The number of rotatable bonds is 5. The number of carbonyl (C=O) groups is 1. The van der Waals surface area contributed by atoms with E-state index in [1.54, 1.807) is 18.2 Å². The normalized spacial score (nSPS) is 11.0. The lowest BCUT2D eigenvalue weighted by Gasteiger charge is -2.08. The smallest absolute Gasteiger partial charge is 0.319 e. The van der Waals surface area contributed by atoms with Gasteiger partial charge in [0.05, 0.1) is 4.90 Å². The molecule has 6 nitrogen and oxygen atoms in total. The van der Waals surface area contributed by atoms with Gasteiger partial charge in [0.2, 0.25) is 0 Å². The lowest BCUT2D eigenvalue weighted by Crippen LogP contribution is -2.30. The van der Waals surface area contributed by atoms with Gasteiger partial charge >= 0.3 is 6.03 Å². The summed E-state index contributed by atoms with van der Waals surface area (Å²) in [6, 6.07) is 12.4. The van der Waals surface area contributed by atoms with Crippen LogP contribution in [0.4, 0.5) is 10.5 Å². The summed E-state index contributed by atoms with van der Waals surface area (Å²) in [5, 5.41) is 14.7. The first-order valence-electron chi connectivity index (χ1n) is 6.97. The maximum absolute atomic E-state index is 11.8. The van der Waals surface area contributed by atoms with Gasteiger partial charge in [-0.25, -0.2) is 13.2 Å². The zero-order valence-corrected chi connectivity index (χ0v) is 13.4. The van der Waals surface area contributed by atoms with E-state index in [1.165, 1.54) is 24.3 Å². The van der Waals surface area contributed by atoms with Crippen LogP contribution in [0.5, 0.6) is 5.75 Å². The minimum Gasteiger partial charge on any atom is -0.508 e. The summed E-state index contributed by atoms with van der Waals surface area (Å²) in [7, 11) is -3.25. The number of anilines is 1. The molecule has 0 spiro atoms. The van der Waals surface area contributed by atoms with Crippen LogP contribution in [0.3, 0.4) is 0 Å². The first-order chi connectivity index (χ1) is 10.8. The van der Waals surface area contributed by atoms with Crippen molar-refractivity contribution >= 4 is 21.6 Å². The third kappa shape index (κ3) is 5.30. The topological polar surface area (TPSA) is 95.5 Å². The molecule has 2 aromatic carbocycles. The van der Waals surface area contributed by atoms with E-state index in [1.807, 2.05) is 6.07 Å². The standard InChI is InChI=1S/C16H18N2O4S/c1-23(21,22)15-7-5-13(6-8-15)18-16(20)17-10-9-12-3-2-4-14(19)11-12/h2-8,11,19H,9-10H2,1H3,(H2,17,18,20). The van der Waals surface area contributed by atoms with Crippen LogP contribution in [0, 0.1) is 0 Å². The van der Waals surface area contributed by atoms with Crippen LogP contribution >= 0.6 is 0 Å². The SMILES string of the molecule is CS(=O)(=O)c1ccc(NC(=O)NCCc2cccc(O)c2)cc1. The van der Waals surface area contributed by atoms with Gasteiger partial charge < -0.3 is 15.7 Å². The molecule has 23 heavy (non-hydrogen) atoms. The predicted molar refractivity (Wildman–Crippen MR) is 88.4 cm³/mol. The number of hydrogen-bond acceptors (Lipinski definition) is 4. The van der Waals surface area contributed by atoms with E-state index in [0.717, 1.165) is 11.8 Å². The number of sulfone groups is 1. The fraction of sp³-hybridized carbons (Fsp3) is 0.188. The average molecular weight is 334 g/mol. The molecule has 2 amide bonds. The number of amides is 2. The van der Waals surface area contributed by atoms with Crippen molar-refractivity contribution in [3.8, 4) is 5.75 Å². The quantitative estimate of drug-likeness (QED) is 0.781. The van der Waals surface area contributed by atoms with Crippen molar-refractivity contribution < 1.29 is 18.3 Å². The molecule has 0 aromatic heterocycles. The van der Waals surface area contributed by atoms with Gasteiger partial charge in [-0.1, -0.05) is 12.1 Å². The monoisotopic (exact) mass is 334 g/mol. The van der Waals surface area contributed by atoms with Crippen LogP contribution in [0.15, 0.2) is 53.4 Å². The van der Waals surface area contributed by atoms with Gasteiger partial charge in [-0.3, -0.25) is 0 Å². The van der Waals surface area contributed by atoms with Gasteiger partial charge in [-0.2, -0.15) is 0 Å². The van der Waals surface area contributed by atoms with Crippen LogP contribution < -0.4 is 10.6 Å². The second-order valence-corrected chi connectivity index (χ2v) is 7.11. The lowest BCUT2D eigenvalue weighted by atomic mass is 10.1. The number of benzene rings is 2. The van der Waals surface area contributed by atoms with Crippen LogP contribution in [-0.2, 0) is 16.3 Å². The highest BCUT2D eigenvalue weighted by Gasteiger charge is 2.07. The fourth-order valence-corrected chi connectivity index (χ4v) is 2.62.